The van der Waals surface area contributed by atoms with Gasteiger partial charge in [-0.05, 0) is 60.9 Å². The molecule has 4 rings (SSSR count). The Labute approximate surface area is 165 Å². The first-order valence-electron chi connectivity index (χ1n) is 8.56. The van der Waals surface area contributed by atoms with Crippen LogP contribution in [0.1, 0.15) is 51.5 Å². The van der Waals surface area contributed by atoms with Crippen LogP contribution in [-0.4, -0.2) is 17.2 Å². The van der Waals surface area contributed by atoms with Crippen LogP contribution >= 0.6 is 27.7 Å². The Kier molecular flexibility index (Phi) is 5.00. The van der Waals surface area contributed by atoms with E-state index in [9.17, 15) is 4.79 Å². The van der Waals surface area contributed by atoms with Gasteiger partial charge in [0.05, 0.1) is 11.3 Å². The zero-order valence-corrected chi connectivity index (χ0v) is 16.8. The summed E-state index contributed by atoms with van der Waals surface area (Å²) in [7, 11) is 0. The van der Waals surface area contributed by atoms with Gasteiger partial charge in [-0.3, -0.25) is 4.79 Å². The fourth-order valence-corrected chi connectivity index (χ4v) is 4.22. The fourth-order valence-electron chi connectivity index (χ4n) is 3.20. The Hall–Kier alpha value is -1.85. The normalized spacial score (nSPS) is 13.8. The topological polar surface area (TPSA) is 43.1 Å². The Morgan fingerprint density at radius 3 is 2.77 bits per heavy atom. The molecule has 1 fully saturated rings. The predicted octanol–water partition coefficient (Wildman–Crippen LogP) is 5.86. The number of carbonyl (C=O) groups is 1. The molecule has 0 N–H and O–H groups in total. The fraction of sp³-hybridized carbons (Fsp3) is 0.238. The van der Waals surface area contributed by atoms with Gasteiger partial charge in [-0.1, -0.05) is 39.3 Å². The molecule has 1 aromatic heterocycles. The van der Waals surface area contributed by atoms with Crippen molar-refractivity contribution < 1.29 is 9.32 Å². The van der Waals surface area contributed by atoms with E-state index >= 15 is 0 Å². The standard InChI is InChI=1S/C21H18BrNO2S/c1-26-19-5-3-2-4-14(19)10-15-11-16(22)8-9-17(15)21(24)18-12-25-23-20(18)13-6-7-13/h2-5,8-9,11-13H,6-7,10H2,1H3. The molecule has 1 saturated carbocycles. The summed E-state index contributed by atoms with van der Waals surface area (Å²) in [5.74, 6) is 0.376. The second-order valence-corrected chi connectivity index (χ2v) is 8.27. The lowest BCUT2D eigenvalue weighted by atomic mass is 9.94. The minimum absolute atomic E-state index is 0.00252. The molecule has 1 aliphatic carbocycles. The second-order valence-electron chi connectivity index (χ2n) is 6.51. The first-order valence-corrected chi connectivity index (χ1v) is 10.6. The second kappa shape index (κ2) is 7.41. The molecule has 1 heterocycles. The van der Waals surface area contributed by atoms with Crippen LogP contribution in [0.5, 0.6) is 0 Å². The van der Waals surface area contributed by atoms with Crippen LogP contribution in [0.2, 0.25) is 0 Å². The number of halogens is 1. The highest BCUT2D eigenvalue weighted by Crippen LogP contribution is 2.41. The van der Waals surface area contributed by atoms with Crippen molar-refractivity contribution in [2.24, 2.45) is 0 Å². The van der Waals surface area contributed by atoms with Crippen molar-refractivity contribution in [1.29, 1.82) is 0 Å². The highest BCUT2D eigenvalue weighted by molar-refractivity contribution is 9.10. The summed E-state index contributed by atoms with van der Waals surface area (Å²) in [6.07, 6.45) is 6.45. The van der Waals surface area contributed by atoms with E-state index < -0.39 is 0 Å². The quantitative estimate of drug-likeness (QED) is 0.365. The number of carbonyl (C=O) groups excluding carboxylic acids is 1. The van der Waals surface area contributed by atoms with Crippen molar-refractivity contribution in [2.45, 2.75) is 30.1 Å². The number of thioether (sulfide) groups is 1. The van der Waals surface area contributed by atoms with Gasteiger partial charge >= 0.3 is 0 Å². The Morgan fingerprint density at radius 2 is 2.00 bits per heavy atom. The number of benzene rings is 2. The van der Waals surface area contributed by atoms with Crippen molar-refractivity contribution in [3.63, 3.8) is 0 Å². The van der Waals surface area contributed by atoms with Crippen molar-refractivity contribution in [3.05, 3.63) is 81.1 Å². The van der Waals surface area contributed by atoms with E-state index in [0.717, 1.165) is 28.6 Å². The smallest absolute Gasteiger partial charge is 0.198 e. The zero-order valence-electron chi connectivity index (χ0n) is 14.4. The van der Waals surface area contributed by atoms with Gasteiger partial charge in [-0.2, -0.15) is 0 Å². The molecular weight excluding hydrogens is 410 g/mol. The zero-order chi connectivity index (χ0) is 18.1. The molecule has 0 spiro atoms. The molecule has 2 aromatic carbocycles. The van der Waals surface area contributed by atoms with Crippen LogP contribution in [0, 0.1) is 0 Å². The molecule has 0 unspecified atom stereocenters. The largest absolute Gasteiger partial charge is 0.364 e. The molecule has 3 aromatic rings. The number of hydrogen-bond donors (Lipinski definition) is 0. The van der Waals surface area contributed by atoms with Crippen molar-refractivity contribution in [2.75, 3.05) is 6.26 Å². The van der Waals surface area contributed by atoms with E-state index in [-0.39, 0.29) is 5.78 Å². The number of rotatable bonds is 6. The van der Waals surface area contributed by atoms with Gasteiger partial charge in [-0.25, -0.2) is 0 Å². The third kappa shape index (κ3) is 3.51. The molecule has 1 aliphatic rings. The lowest BCUT2D eigenvalue weighted by Gasteiger charge is -2.12. The number of ketones is 1. The molecule has 132 valence electrons. The van der Waals surface area contributed by atoms with Crippen LogP contribution in [-0.2, 0) is 6.42 Å². The van der Waals surface area contributed by atoms with Crippen LogP contribution in [0.15, 0.2) is 62.6 Å². The number of aromatic nitrogens is 1. The average Bonchev–Trinajstić information content (AvgIpc) is 3.38. The predicted molar refractivity (Wildman–Crippen MR) is 107 cm³/mol. The summed E-state index contributed by atoms with van der Waals surface area (Å²) >= 11 is 5.27. The highest BCUT2D eigenvalue weighted by Gasteiger charge is 2.32. The molecule has 0 aliphatic heterocycles. The molecule has 0 atom stereocenters. The third-order valence-corrected chi connectivity index (χ3v) is 6.02. The van der Waals surface area contributed by atoms with Gasteiger partial charge in [0.2, 0.25) is 0 Å². The van der Waals surface area contributed by atoms with Gasteiger partial charge in [-0.15, -0.1) is 11.8 Å². The van der Waals surface area contributed by atoms with Gasteiger partial charge in [0, 0.05) is 20.8 Å². The van der Waals surface area contributed by atoms with Crippen LogP contribution in [0.25, 0.3) is 0 Å². The Bertz CT molecular complexity index is 962. The lowest BCUT2D eigenvalue weighted by Crippen LogP contribution is -2.08. The maximum Gasteiger partial charge on any atom is 0.198 e. The molecule has 0 radical (unpaired) electrons. The van der Waals surface area contributed by atoms with Crippen molar-refractivity contribution >= 4 is 33.5 Å². The summed E-state index contributed by atoms with van der Waals surface area (Å²) in [4.78, 5) is 14.4. The van der Waals surface area contributed by atoms with Crippen molar-refractivity contribution in [1.82, 2.24) is 5.16 Å². The SMILES string of the molecule is CSc1ccccc1Cc1cc(Br)ccc1C(=O)c1conc1C1CC1. The van der Waals surface area contributed by atoms with Gasteiger partial charge in [0.15, 0.2) is 5.78 Å². The first-order chi connectivity index (χ1) is 12.7. The Balaban J connectivity index is 1.73. The minimum atomic E-state index is -0.00252. The summed E-state index contributed by atoms with van der Waals surface area (Å²) in [6, 6.07) is 14.2. The molecular formula is C21H18BrNO2S. The van der Waals surface area contributed by atoms with Gasteiger partial charge in [0.25, 0.3) is 0 Å². The molecule has 26 heavy (non-hydrogen) atoms. The number of hydrogen-bond acceptors (Lipinski definition) is 4. The van der Waals surface area contributed by atoms with Crippen molar-refractivity contribution in [3.8, 4) is 0 Å². The van der Waals surface area contributed by atoms with E-state index in [2.05, 4.69) is 39.5 Å². The highest BCUT2D eigenvalue weighted by atomic mass is 79.9. The van der Waals surface area contributed by atoms with Crippen LogP contribution < -0.4 is 0 Å². The molecule has 0 bridgehead atoms. The van der Waals surface area contributed by atoms with Crippen LogP contribution in [0.3, 0.4) is 0 Å². The van der Waals surface area contributed by atoms with E-state index in [1.807, 2.05) is 30.3 Å². The monoisotopic (exact) mass is 427 g/mol. The molecule has 0 saturated heterocycles. The minimum Gasteiger partial charge on any atom is -0.364 e. The van der Waals surface area contributed by atoms with E-state index in [4.69, 9.17) is 4.52 Å². The lowest BCUT2D eigenvalue weighted by molar-refractivity contribution is 0.103. The average molecular weight is 428 g/mol. The van der Waals surface area contributed by atoms with E-state index in [1.54, 1.807) is 11.8 Å². The summed E-state index contributed by atoms with van der Waals surface area (Å²) < 4.78 is 6.10. The first kappa shape index (κ1) is 17.6. The summed E-state index contributed by atoms with van der Waals surface area (Å²) in [5.41, 5.74) is 4.37. The molecule has 0 amide bonds. The van der Waals surface area contributed by atoms with Crippen LogP contribution in [0.4, 0.5) is 0 Å². The summed E-state index contributed by atoms with van der Waals surface area (Å²) in [5, 5.41) is 4.07. The van der Waals surface area contributed by atoms with Gasteiger partial charge in [0.1, 0.15) is 6.26 Å². The maximum atomic E-state index is 13.2. The summed E-state index contributed by atoms with van der Waals surface area (Å²) in [6.45, 7) is 0. The Morgan fingerprint density at radius 1 is 1.19 bits per heavy atom. The molecule has 3 nitrogen and oxygen atoms in total. The van der Waals surface area contributed by atoms with E-state index in [1.165, 1.54) is 16.7 Å². The van der Waals surface area contributed by atoms with E-state index in [0.29, 0.717) is 23.5 Å². The third-order valence-electron chi connectivity index (χ3n) is 4.69. The molecule has 5 heteroatoms. The number of nitrogens with zero attached hydrogens (tertiary/aromatic N) is 1. The van der Waals surface area contributed by atoms with Gasteiger partial charge < -0.3 is 4.52 Å². The maximum absolute atomic E-state index is 13.2.